The normalized spacial score (nSPS) is 15.9. The summed E-state index contributed by atoms with van der Waals surface area (Å²) in [5.74, 6) is 0. The molecule has 5 nitrogen and oxygen atoms in total. The summed E-state index contributed by atoms with van der Waals surface area (Å²) >= 11 is 0. The molecule has 0 aliphatic heterocycles. The van der Waals surface area contributed by atoms with E-state index in [-0.39, 0.29) is 4.90 Å². The molecule has 0 unspecified atom stereocenters. The second kappa shape index (κ2) is 6.35. The largest absolute Gasteiger partial charge is 0.280 e. The van der Waals surface area contributed by atoms with Crippen LogP contribution in [0.1, 0.15) is 49.9 Å². The summed E-state index contributed by atoms with van der Waals surface area (Å²) < 4.78 is 29.8. The topological polar surface area (TPSA) is 64.0 Å². The van der Waals surface area contributed by atoms with Crippen molar-refractivity contribution in [2.75, 3.05) is 4.72 Å². The zero-order valence-electron chi connectivity index (χ0n) is 13.6. The Labute approximate surface area is 137 Å². The van der Waals surface area contributed by atoms with Gasteiger partial charge in [-0.1, -0.05) is 31.9 Å². The predicted octanol–water partition coefficient (Wildman–Crippen LogP) is 3.67. The molecule has 6 heteroatoms. The maximum Gasteiger partial charge on any atom is 0.265 e. The predicted molar refractivity (Wildman–Crippen MR) is 91.1 cm³/mol. The summed E-state index contributed by atoms with van der Waals surface area (Å²) in [4.78, 5) is 0.268. The Kier molecular flexibility index (Phi) is 4.43. The lowest BCUT2D eigenvalue weighted by atomic mass is 10.2. The van der Waals surface area contributed by atoms with Gasteiger partial charge in [0.1, 0.15) is 4.90 Å². The van der Waals surface area contributed by atoms with Crippen molar-refractivity contribution in [3.8, 4) is 0 Å². The number of benzene rings is 1. The Morgan fingerprint density at radius 2 is 1.87 bits per heavy atom. The fourth-order valence-corrected chi connectivity index (χ4v) is 4.34. The van der Waals surface area contributed by atoms with Gasteiger partial charge >= 0.3 is 0 Å². The first-order valence-corrected chi connectivity index (χ1v) is 9.65. The molecule has 1 aliphatic carbocycles. The number of rotatable bonds is 5. The minimum absolute atomic E-state index is 0.268. The highest BCUT2D eigenvalue weighted by atomic mass is 32.2. The van der Waals surface area contributed by atoms with Crippen LogP contribution >= 0.6 is 0 Å². The van der Waals surface area contributed by atoms with Crippen LogP contribution < -0.4 is 4.72 Å². The monoisotopic (exact) mass is 333 g/mol. The highest BCUT2D eigenvalue weighted by Gasteiger charge is 2.24. The van der Waals surface area contributed by atoms with Crippen molar-refractivity contribution >= 4 is 15.7 Å². The van der Waals surface area contributed by atoms with E-state index in [1.165, 1.54) is 18.4 Å². The van der Waals surface area contributed by atoms with E-state index in [0.29, 0.717) is 17.4 Å². The lowest BCUT2D eigenvalue weighted by Gasteiger charge is -2.09. The van der Waals surface area contributed by atoms with Gasteiger partial charge in [0.15, 0.2) is 0 Å². The van der Waals surface area contributed by atoms with Crippen LogP contribution in [0.15, 0.2) is 35.4 Å². The Balaban J connectivity index is 1.83. The van der Waals surface area contributed by atoms with Crippen LogP contribution in [0.3, 0.4) is 0 Å². The maximum absolute atomic E-state index is 12.6. The van der Waals surface area contributed by atoms with E-state index < -0.39 is 10.0 Å². The molecule has 1 saturated carbocycles. The number of sulfonamides is 1. The lowest BCUT2D eigenvalue weighted by molar-refractivity contribution is 0.464. The third-order valence-electron chi connectivity index (χ3n) is 4.47. The molecule has 0 radical (unpaired) electrons. The quantitative estimate of drug-likeness (QED) is 0.908. The van der Waals surface area contributed by atoms with Crippen molar-refractivity contribution in [2.45, 2.75) is 56.9 Å². The zero-order valence-corrected chi connectivity index (χ0v) is 14.4. The van der Waals surface area contributed by atoms with Gasteiger partial charge in [-0.15, -0.1) is 0 Å². The molecule has 0 bridgehead atoms. The number of hydrogen-bond acceptors (Lipinski definition) is 3. The molecular weight excluding hydrogens is 310 g/mol. The van der Waals surface area contributed by atoms with Crippen LogP contribution in [0.4, 0.5) is 5.69 Å². The van der Waals surface area contributed by atoms with Gasteiger partial charge in [-0.3, -0.25) is 9.40 Å². The Bertz CT molecular complexity index is 773. The van der Waals surface area contributed by atoms with Crippen LogP contribution in [-0.4, -0.2) is 18.2 Å². The lowest BCUT2D eigenvalue weighted by Crippen LogP contribution is -2.13. The Hall–Kier alpha value is -1.82. The van der Waals surface area contributed by atoms with Gasteiger partial charge in [0, 0.05) is 11.9 Å². The van der Waals surface area contributed by atoms with Gasteiger partial charge < -0.3 is 0 Å². The third kappa shape index (κ3) is 3.42. The molecule has 1 heterocycles. The van der Waals surface area contributed by atoms with Crippen LogP contribution in [0.2, 0.25) is 0 Å². The number of hydrogen-bond donors (Lipinski definition) is 1. The first-order valence-electron chi connectivity index (χ1n) is 8.17. The maximum atomic E-state index is 12.6. The first kappa shape index (κ1) is 16.1. The molecule has 23 heavy (non-hydrogen) atoms. The molecule has 1 aromatic heterocycles. The van der Waals surface area contributed by atoms with Crippen molar-refractivity contribution < 1.29 is 8.42 Å². The zero-order chi connectivity index (χ0) is 16.4. The molecule has 1 aromatic carbocycles. The van der Waals surface area contributed by atoms with E-state index in [1.807, 2.05) is 16.8 Å². The summed E-state index contributed by atoms with van der Waals surface area (Å²) in [6.07, 6.45) is 7.13. The first-order chi connectivity index (χ1) is 11.0. The van der Waals surface area contributed by atoms with Gasteiger partial charge in [-0.25, -0.2) is 8.42 Å². The molecular formula is C17H23N3O2S. The number of aryl methyl sites for hydroxylation is 2. The Morgan fingerprint density at radius 3 is 2.48 bits per heavy atom. The summed E-state index contributed by atoms with van der Waals surface area (Å²) in [5, 5.41) is 4.43. The summed E-state index contributed by atoms with van der Waals surface area (Å²) in [6.45, 7) is 3.82. The standard InChI is InChI=1S/C17H23N3O2S/c1-3-14-8-10-15(11-9-14)19-23(21,22)17-12-20(18-13(17)2)16-6-4-5-7-16/h8-12,16,19H,3-7H2,1-2H3. The Morgan fingerprint density at radius 1 is 1.22 bits per heavy atom. The molecule has 2 aromatic rings. The fraction of sp³-hybridized carbons (Fsp3) is 0.471. The number of nitrogens with one attached hydrogen (secondary N) is 1. The molecule has 1 aliphatic rings. The smallest absolute Gasteiger partial charge is 0.265 e. The fourth-order valence-electron chi connectivity index (χ4n) is 3.10. The second-order valence-corrected chi connectivity index (χ2v) is 7.80. The van der Waals surface area contributed by atoms with Crippen molar-refractivity contribution in [3.05, 3.63) is 41.7 Å². The van der Waals surface area contributed by atoms with E-state index in [2.05, 4.69) is 16.7 Å². The molecule has 0 spiro atoms. The van der Waals surface area contributed by atoms with Gasteiger partial charge in [0.05, 0.1) is 11.7 Å². The SMILES string of the molecule is CCc1ccc(NS(=O)(=O)c2cn(C3CCCC3)nc2C)cc1. The van der Waals surface area contributed by atoms with Gasteiger partial charge in [-0.05, 0) is 43.9 Å². The van der Waals surface area contributed by atoms with E-state index >= 15 is 0 Å². The van der Waals surface area contributed by atoms with E-state index in [9.17, 15) is 8.42 Å². The summed E-state index contributed by atoms with van der Waals surface area (Å²) in [7, 11) is -3.61. The highest BCUT2D eigenvalue weighted by molar-refractivity contribution is 7.92. The third-order valence-corrected chi connectivity index (χ3v) is 5.96. The average Bonchev–Trinajstić information content (AvgIpc) is 3.17. The average molecular weight is 333 g/mol. The second-order valence-electron chi connectivity index (χ2n) is 6.15. The van der Waals surface area contributed by atoms with Crippen molar-refractivity contribution in [1.82, 2.24) is 9.78 Å². The van der Waals surface area contributed by atoms with Gasteiger partial charge in [0.25, 0.3) is 10.0 Å². The van der Waals surface area contributed by atoms with Crippen LogP contribution in [0.5, 0.6) is 0 Å². The van der Waals surface area contributed by atoms with Crippen LogP contribution in [0.25, 0.3) is 0 Å². The van der Waals surface area contributed by atoms with Gasteiger partial charge in [0.2, 0.25) is 0 Å². The number of nitrogens with zero attached hydrogens (tertiary/aromatic N) is 2. The summed E-state index contributed by atoms with van der Waals surface area (Å²) in [6, 6.07) is 7.81. The number of aromatic nitrogens is 2. The van der Waals surface area contributed by atoms with Crippen molar-refractivity contribution in [2.24, 2.45) is 0 Å². The van der Waals surface area contributed by atoms with E-state index in [4.69, 9.17) is 0 Å². The van der Waals surface area contributed by atoms with Crippen LogP contribution in [0, 0.1) is 6.92 Å². The minimum Gasteiger partial charge on any atom is -0.280 e. The molecule has 124 valence electrons. The molecule has 0 saturated heterocycles. The van der Waals surface area contributed by atoms with E-state index in [1.54, 1.807) is 25.3 Å². The number of anilines is 1. The van der Waals surface area contributed by atoms with Crippen LogP contribution in [-0.2, 0) is 16.4 Å². The van der Waals surface area contributed by atoms with Crippen molar-refractivity contribution in [3.63, 3.8) is 0 Å². The minimum atomic E-state index is -3.61. The molecule has 0 amide bonds. The molecule has 1 fully saturated rings. The van der Waals surface area contributed by atoms with E-state index in [0.717, 1.165) is 19.3 Å². The highest BCUT2D eigenvalue weighted by Crippen LogP contribution is 2.30. The molecule has 1 N–H and O–H groups in total. The summed E-state index contributed by atoms with van der Waals surface area (Å²) in [5.41, 5.74) is 2.31. The van der Waals surface area contributed by atoms with Crippen molar-refractivity contribution in [1.29, 1.82) is 0 Å². The van der Waals surface area contributed by atoms with Gasteiger partial charge in [-0.2, -0.15) is 5.10 Å². The molecule has 0 atom stereocenters. The molecule has 3 rings (SSSR count).